The first kappa shape index (κ1) is 30.0. The molecule has 0 radical (unpaired) electrons. The van der Waals surface area contributed by atoms with Gasteiger partial charge in [-0.3, -0.25) is 19.2 Å². The maximum absolute atomic E-state index is 14.4. The number of fused-ring (bicyclic) bond motifs is 2. The normalized spacial score (nSPS) is 25.2. The molecule has 3 N–H and O–H groups in total. The van der Waals surface area contributed by atoms with Crippen LogP contribution in [0.1, 0.15) is 58.1 Å². The van der Waals surface area contributed by atoms with Crippen molar-refractivity contribution in [3.05, 3.63) is 35.4 Å². The second kappa shape index (κ2) is 11.7. The Balaban J connectivity index is 1.38. The molecule has 3 fully saturated rings. The number of hydrogen-bond acceptors (Lipinski definition) is 6. The fourth-order valence-corrected chi connectivity index (χ4v) is 7.07. The average Bonchev–Trinajstić information content (AvgIpc) is 3.71. The standard InChI is InChI=1S/C32H44N4O6/c1-17(2)16-42-31(41)35-25(21-13-19-8-6-7-9-20(19)14-21)30(40)36-15-22-24(32(22,3)4)26(36)28(38)34-23(12-18-10-11-18)27(37)29(39)33-5/h6-9,17-18,21-26H,10-16H2,1-5H3,(H,33,39)(H,34,38)(H,35,41). The molecule has 10 nitrogen and oxygen atoms in total. The molecular formula is C32H44N4O6. The van der Waals surface area contributed by atoms with E-state index in [4.69, 9.17) is 4.74 Å². The van der Waals surface area contributed by atoms with Crippen LogP contribution in [0.25, 0.3) is 0 Å². The molecule has 0 aromatic heterocycles. The van der Waals surface area contributed by atoms with E-state index in [1.807, 2.05) is 38.1 Å². The number of Topliss-reactive ketones (excluding diaryl/α,β-unsaturated/α-hetero) is 1. The highest BCUT2D eigenvalue weighted by molar-refractivity contribution is 6.38. The Morgan fingerprint density at radius 3 is 2.24 bits per heavy atom. The molecule has 10 heteroatoms. The Bertz CT molecular complexity index is 1230. The summed E-state index contributed by atoms with van der Waals surface area (Å²) in [5, 5.41) is 8.10. The van der Waals surface area contributed by atoms with Crippen molar-refractivity contribution in [1.82, 2.24) is 20.9 Å². The fourth-order valence-electron chi connectivity index (χ4n) is 7.07. The Morgan fingerprint density at radius 1 is 1.02 bits per heavy atom. The largest absolute Gasteiger partial charge is 0.449 e. The van der Waals surface area contributed by atoms with E-state index in [-0.39, 0.29) is 41.6 Å². The lowest BCUT2D eigenvalue weighted by Crippen LogP contribution is -2.59. The summed E-state index contributed by atoms with van der Waals surface area (Å²) in [6.07, 6.45) is 2.94. The number of likely N-dealkylation sites (N-methyl/N-ethyl adjacent to an activating group) is 1. The van der Waals surface area contributed by atoms with Gasteiger partial charge >= 0.3 is 6.09 Å². The van der Waals surface area contributed by atoms with Gasteiger partial charge in [0.2, 0.25) is 17.6 Å². The van der Waals surface area contributed by atoms with Crippen LogP contribution in [-0.2, 0) is 36.8 Å². The Hall–Kier alpha value is -3.43. The van der Waals surface area contributed by atoms with Crippen molar-refractivity contribution in [1.29, 1.82) is 0 Å². The Kier molecular flexibility index (Phi) is 8.36. The van der Waals surface area contributed by atoms with Crippen LogP contribution in [0.3, 0.4) is 0 Å². The molecule has 42 heavy (non-hydrogen) atoms. The molecule has 2 saturated carbocycles. The van der Waals surface area contributed by atoms with E-state index in [1.165, 1.54) is 7.05 Å². The highest BCUT2D eigenvalue weighted by atomic mass is 16.5. The number of alkyl carbamates (subject to hydrolysis) is 1. The van der Waals surface area contributed by atoms with Crippen LogP contribution >= 0.6 is 0 Å². The molecule has 1 aromatic rings. The number of nitrogens with zero attached hydrogens (tertiary/aromatic N) is 1. The third kappa shape index (κ3) is 6.03. The number of carbonyl (C=O) groups excluding carboxylic acids is 5. The van der Waals surface area contributed by atoms with Crippen LogP contribution in [0.15, 0.2) is 24.3 Å². The number of carbonyl (C=O) groups is 5. The van der Waals surface area contributed by atoms with Gasteiger partial charge in [0.05, 0.1) is 12.6 Å². The lowest BCUT2D eigenvalue weighted by molar-refractivity contribution is -0.144. The summed E-state index contributed by atoms with van der Waals surface area (Å²) in [4.78, 5) is 67.8. The zero-order valence-electron chi connectivity index (χ0n) is 25.3. The van der Waals surface area contributed by atoms with Crippen molar-refractivity contribution in [2.75, 3.05) is 20.2 Å². The summed E-state index contributed by atoms with van der Waals surface area (Å²) in [5.41, 5.74) is 2.15. The third-order valence-electron chi connectivity index (χ3n) is 9.75. The van der Waals surface area contributed by atoms with Gasteiger partial charge < -0.3 is 25.6 Å². The summed E-state index contributed by atoms with van der Waals surface area (Å²) >= 11 is 0. The first-order valence-corrected chi connectivity index (χ1v) is 15.3. The van der Waals surface area contributed by atoms with Crippen molar-refractivity contribution >= 4 is 29.6 Å². The summed E-state index contributed by atoms with van der Waals surface area (Å²) < 4.78 is 5.40. The minimum absolute atomic E-state index is 0.0764. The first-order chi connectivity index (χ1) is 19.9. The minimum Gasteiger partial charge on any atom is -0.449 e. The van der Waals surface area contributed by atoms with Crippen LogP contribution < -0.4 is 16.0 Å². The van der Waals surface area contributed by atoms with E-state index >= 15 is 0 Å². The van der Waals surface area contributed by atoms with Gasteiger partial charge in [-0.05, 0) is 65.4 Å². The molecule has 0 bridgehead atoms. The van der Waals surface area contributed by atoms with E-state index in [1.54, 1.807) is 4.90 Å². The van der Waals surface area contributed by atoms with Gasteiger partial charge in [-0.1, -0.05) is 64.8 Å². The molecule has 3 aliphatic carbocycles. The van der Waals surface area contributed by atoms with E-state index in [2.05, 4.69) is 29.8 Å². The predicted octanol–water partition coefficient (Wildman–Crippen LogP) is 2.24. The molecule has 5 unspecified atom stereocenters. The van der Waals surface area contributed by atoms with Crippen LogP contribution in [0, 0.1) is 35.0 Å². The van der Waals surface area contributed by atoms with Crippen LogP contribution in [-0.4, -0.2) is 72.8 Å². The van der Waals surface area contributed by atoms with Gasteiger partial charge in [0.15, 0.2) is 0 Å². The third-order valence-corrected chi connectivity index (χ3v) is 9.75. The molecule has 228 valence electrons. The molecule has 4 amide bonds. The quantitative estimate of drug-likeness (QED) is 0.344. The molecule has 5 atom stereocenters. The van der Waals surface area contributed by atoms with Crippen LogP contribution in [0.4, 0.5) is 4.79 Å². The molecule has 1 aromatic carbocycles. The van der Waals surface area contributed by atoms with Crippen LogP contribution in [0.5, 0.6) is 0 Å². The van der Waals surface area contributed by atoms with E-state index in [0.29, 0.717) is 31.7 Å². The number of hydrogen-bond donors (Lipinski definition) is 3. The SMILES string of the molecule is CNC(=O)C(=O)C(CC1CC1)NC(=O)C1C2C(CN1C(=O)C(NC(=O)OCC(C)C)C1Cc3ccccc3C1)C2(C)C. The lowest BCUT2D eigenvalue weighted by Gasteiger charge is -2.35. The van der Waals surface area contributed by atoms with Gasteiger partial charge in [0.25, 0.3) is 5.91 Å². The number of rotatable bonds is 11. The van der Waals surface area contributed by atoms with Gasteiger partial charge in [0, 0.05) is 13.6 Å². The average molecular weight is 581 g/mol. The summed E-state index contributed by atoms with van der Waals surface area (Å²) in [5.74, 6) is -1.84. The van der Waals surface area contributed by atoms with Crippen molar-refractivity contribution in [3.63, 3.8) is 0 Å². The highest BCUT2D eigenvalue weighted by Crippen LogP contribution is 2.65. The Morgan fingerprint density at radius 2 is 1.67 bits per heavy atom. The number of ketones is 1. The van der Waals surface area contributed by atoms with Gasteiger partial charge in [-0.25, -0.2) is 4.79 Å². The number of piperidine rings is 1. The highest BCUT2D eigenvalue weighted by Gasteiger charge is 2.69. The number of ether oxygens (including phenoxy) is 1. The van der Waals surface area contributed by atoms with E-state index in [9.17, 15) is 24.0 Å². The molecule has 1 heterocycles. The zero-order valence-corrected chi connectivity index (χ0v) is 25.3. The molecule has 0 spiro atoms. The number of nitrogens with one attached hydrogen (secondary N) is 3. The topological polar surface area (TPSA) is 134 Å². The molecule has 1 aliphatic heterocycles. The molecule has 5 rings (SSSR count). The van der Waals surface area contributed by atoms with Crippen molar-refractivity contribution in [3.8, 4) is 0 Å². The van der Waals surface area contributed by atoms with Gasteiger partial charge in [0.1, 0.15) is 12.1 Å². The monoisotopic (exact) mass is 580 g/mol. The minimum atomic E-state index is -0.938. The number of likely N-dealkylation sites (tertiary alicyclic amines) is 1. The second-order valence-electron chi connectivity index (χ2n) is 13.6. The van der Waals surface area contributed by atoms with Crippen LogP contribution in [0.2, 0.25) is 0 Å². The Labute approximate surface area is 247 Å². The molecule has 4 aliphatic rings. The molecule has 1 saturated heterocycles. The summed E-state index contributed by atoms with van der Waals surface area (Å²) in [6, 6.07) is 5.42. The number of benzene rings is 1. The van der Waals surface area contributed by atoms with Gasteiger partial charge in [-0.15, -0.1) is 0 Å². The maximum atomic E-state index is 14.4. The predicted molar refractivity (Wildman–Crippen MR) is 155 cm³/mol. The van der Waals surface area contributed by atoms with E-state index in [0.717, 1.165) is 24.0 Å². The lowest BCUT2D eigenvalue weighted by atomic mass is 9.93. The molecular weight excluding hydrogens is 536 g/mol. The van der Waals surface area contributed by atoms with Gasteiger partial charge in [-0.2, -0.15) is 0 Å². The fraction of sp³-hybridized carbons (Fsp3) is 0.656. The summed E-state index contributed by atoms with van der Waals surface area (Å²) in [6.45, 7) is 8.69. The van der Waals surface area contributed by atoms with Crippen molar-refractivity contribution < 1.29 is 28.7 Å². The summed E-state index contributed by atoms with van der Waals surface area (Å²) in [7, 11) is 1.39. The second-order valence-corrected chi connectivity index (χ2v) is 13.6. The van der Waals surface area contributed by atoms with Crippen molar-refractivity contribution in [2.45, 2.75) is 77.9 Å². The first-order valence-electron chi connectivity index (χ1n) is 15.3. The number of amides is 4. The van der Waals surface area contributed by atoms with Crippen molar-refractivity contribution in [2.24, 2.45) is 35.0 Å². The smallest absolute Gasteiger partial charge is 0.407 e. The van der Waals surface area contributed by atoms with E-state index < -0.39 is 41.8 Å². The maximum Gasteiger partial charge on any atom is 0.407 e. The zero-order chi connectivity index (χ0) is 30.3.